The summed E-state index contributed by atoms with van der Waals surface area (Å²) in [6.45, 7) is 3.15. The first-order valence-electron chi connectivity index (χ1n) is 10.0. The van der Waals surface area contributed by atoms with Gasteiger partial charge in [0.1, 0.15) is 17.1 Å². The molecule has 5 rings (SSSR count). The molecule has 2 aromatic rings. The average molecular weight is 403 g/mol. The van der Waals surface area contributed by atoms with Crippen molar-refractivity contribution in [3.63, 3.8) is 0 Å². The van der Waals surface area contributed by atoms with E-state index in [4.69, 9.17) is 5.73 Å². The molecule has 3 fully saturated rings. The van der Waals surface area contributed by atoms with E-state index in [0.29, 0.717) is 13.1 Å². The van der Waals surface area contributed by atoms with Gasteiger partial charge < -0.3 is 20.3 Å². The van der Waals surface area contributed by atoms with Gasteiger partial charge in [0.2, 0.25) is 5.43 Å². The fraction of sp³-hybridized carbons (Fsp3) is 0.524. The number of aromatic nitrogens is 1. The average Bonchev–Trinajstić information content (AvgIpc) is 3.48. The summed E-state index contributed by atoms with van der Waals surface area (Å²) in [6, 6.07) is 0.946. The lowest BCUT2D eigenvalue weighted by molar-refractivity contribution is 0.00280. The smallest absolute Gasteiger partial charge is 0.341 e. The van der Waals surface area contributed by atoms with Gasteiger partial charge in [0.15, 0.2) is 5.82 Å². The topological polar surface area (TPSA) is 88.6 Å². The molecule has 0 bridgehead atoms. The quantitative estimate of drug-likeness (QED) is 0.823. The van der Waals surface area contributed by atoms with E-state index < -0.39 is 28.6 Å². The standard InChI is InChI=1S/C21H23F2N3O3/c1-21-4-5-25(9-13(21)15(24)7-21)18-14(22)6-11-17(16(18)23)26(10-2-3-10)8-12(19(11)27)20(28)29/h6,8,10,13,15H,2-5,7,9,24H2,1H3,(H,28,29)/t13-,15-,21+/m1/s1. The summed E-state index contributed by atoms with van der Waals surface area (Å²) < 4.78 is 32.2. The van der Waals surface area contributed by atoms with Gasteiger partial charge in [-0.3, -0.25) is 4.79 Å². The van der Waals surface area contributed by atoms with E-state index in [2.05, 4.69) is 6.92 Å². The molecule has 0 spiro atoms. The predicted molar refractivity (Wildman–Crippen MR) is 104 cm³/mol. The molecule has 2 saturated carbocycles. The van der Waals surface area contributed by atoms with Crippen LogP contribution in [0.2, 0.25) is 0 Å². The maximum absolute atomic E-state index is 15.7. The van der Waals surface area contributed by atoms with Crippen LogP contribution in [0.25, 0.3) is 10.9 Å². The molecule has 2 heterocycles. The summed E-state index contributed by atoms with van der Waals surface area (Å²) in [4.78, 5) is 25.7. The second-order valence-corrected chi connectivity index (χ2v) is 9.06. The Morgan fingerprint density at radius 3 is 2.69 bits per heavy atom. The third-order valence-corrected chi connectivity index (χ3v) is 7.15. The molecule has 1 saturated heterocycles. The molecule has 3 aliphatic rings. The lowest BCUT2D eigenvalue weighted by Crippen LogP contribution is -2.62. The molecule has 2 aliphatic carbocycles. The Balaban J connectivity index is 1.68. The SMILES string of the molecule is C[C@@]12CCN(c3c(F)cc4c(=O)c(C(=O)O)cn(C5CC5)c4c3F)C[C@@H]1[C@H](N)C2. The maximum atomic E-state index is 15.7. The first-order chi connectivity index (χ1) is 13.7. The van der Waals surface area contributed by atoms with E-state index in [1.165, 1.54) is 10.8 Å². The van der Waals surface area contributed by atoms with Gasteiger partial charge in [-0.25, -0.2) is 13.6 Å². The van der Waals surface area contributed by atoms with Crippen LogP contribution < -0.4 is 16.1 Å². The summed E-state index contributed by atoms with van der Waals surface area (Å²) >= 11 is 0. The molecule has 0 amide bonds. The van der Waals surface area contributed by atoms with Gasteiger partial charge >= 0.3 is 5.97 Å². The predicted octanol–water partition coefficient (Wildman–Crippen LogP) is 2.88. The van der Waals surface area contributed by atoms with Crippen LogP contribution in [0.1, 0.15) is 49.0 Å². The molecule has 6 nitrogen and oxygen atoms in total. The van der Waals surface area contributed by atoms with Crippen LogP contribution in [-0.2, 0) is 0 Å². The van der Waals surface area contributed by atoms with Crippen molar-refractivity contribution in [2.75, 3.05) is 18.0 Å². The van der Waals surface area contributed by atoms with E-state index >= 15 is 8.78 Å². The minimum atomic E-state index is -1.40. The molecule has 154 valence electrons. The van der Waals surface area contributed by atoms with E-state index in [9.17, 15) is 14.7 Å². The van der Waals surface area contributed by atoms with Crippen LogP contribution >= 0.6 is 0 Å². The largest absolute Gasteiger partial charge is 0.477 e. The van der Waals surface area contributed by atoms with Crippen LogP contribution in [0, 0.1) is 23.0 Å². The highest BCUT2D eigenvalue weighted by Gasteiger charge is 2.52. The van der Waals surface area contributed by atoms with E-state index in [0.717, 1.165) is 31.7 Å². The van der Waals surface area contributed by atoms with E-state index in [1.807, 2.05) is 0 Å². The summed E-state index contributed by atoms with van der Waals surface area (Å²) in [6.07, 6.45) is 4.46. The maximum Gasteiger partial charge on any atom is 0.341 e. The number of nitrogens with two attached hydrogens (primary N) is 1. The van der Waals surface area contributed by atoms with E-state index in [1.54, 1.807) is 4.90 Å². The molecule has 1 aromatic carbocycles. The van der Waals surface area contributed by atoms with Crippen molar-refractivity contribution >= 4 is 22.6 Å². The van der Waals surface area contributed by atoms with Crippen molar-refractivity contribution in [3.8, 4) is 0 Å². The fourth-order valence-electron chi connectivity index (χ4n) is 5.27. The summed E-state index contributed by atoms with van der Waals surface area (Å²) in [5.41, 5.74) is 4.78. The number of hydrogen-bond donors (Lipinski definition) is 2. The second-order valence-electron chi connectivity index (χ2n) is 9.06. The number of aromatic carboxylic acids is 1. The zero-order valence-corrected chi connectivity index (χ0v) is 16.1. The van der Waals surface area contributed by atoms with Crippen LogP contribution in [0.15, 0.2) is 17.1 Å². The zero-order valence-electron chi connectivity index (χ0n) is 16.1. The highest BCUT2D eigenvalue weighted by molar-refractivity contribution is 5.94. The number of anilines is 1. The number of carboxylic acid groups (broad SMARTS) is 1. The molecule has 3 atom stereocenters. The summed E-state index contributed by atoms with van der Waals surface area (Å²) in [7, 11) is 0. The van der Waals surface area contributed by atoms with Gasteiger partial charge in [-0.2, -0.15) is 0 Å². The molecule has 3 N–H and O–H groups in total. The number of pyridine rings is 1. The Labute approximate surface area is 165 Å². The van der Waals surface area contributed by atoms with Gasteiger partial charge in [0.05, 0.1) is 10.9 Å². The highest BCUT2D eigenvalue weighted by Crippen LogP contribution is 2.52. The molecule has 29 heavy (non-hydrogen) atoms. The third kappa shape index (κ3) is 2.61. The van der Waals surface area contributed by atoms with Crippen molar-refractivity contribution in [1.29, 1.82) is 0 Å². The molecule has 0 radical (unpaired) electrons. The minimum Gasteiger partial charge on any atom is -0.477 e. The van der Waals surface area contributed by atoms with Gasteiger partial charge in [0.25, 0.3) is 0 Å². The number of piperidine rings is 1. The number of benzene rings is 1. The van der Waals surface area contributed by atoms with Crippen molar-refractivity contribution < 1.29 is 18.7 Å². The Hall–Kier alpha value is -2.48. The number of nitrogens with zero attached hydrogens (tertiary/aromatic N) is 2. The minimum absolute atomic E-state index is 0.00913. The highest BCUT2D eigenvalue weighted by atomic mass is 19.1. The Morgan fingerprint density at radius 2 is 2.07 bits per heavy atom. The number of carboxylic acids is 1. The number of halogens is 2. The molecule has 1 aromatic heterocycles. The number of rotatable bonds is 3. The molecular formula is C21H23F2N3O3. The Bertz CT molecular complexity index is 1110. The normalized spacial score (nSPS) is 28.9. The summed E-state index contributed by atoms with van der Waals surface area (Å²) in [5.74, 6) is -2.86. The van der Waals surface area contributed by atoms with Crippen LogP contribution in [0.5, 0.6) is 0 Å². The van der Waals surface area contributed by atoms with Gasteiger partial charge in [-0.15, -0.1) is 0 Å². The van der Waals surface area contributed by atoms with Crippen molar-refractivity contribution in [3.05, 3.63) is 39.7 Å². The van der Waals surface area contributed by atoms with Crippen molar-refractivity contribution in [2.24, 2.45) is 17.1 Å². The molecule has 0 unspecified atom stereocenters. The first-order valence-corrected chi connectivity index (χ1v) is 10.0. The number of carbonyl (C=O) groups is 1. The van der Waals surface area contributed by atoms with Crippen molar-refractivity contribution in [1.82, 2.24) is 4.57 Å². The summed E-state index contributed by atoms with van der Waals surface area (Å²) in [5, 5.41) is 9.11. The number of hydrogen-bond acceptors (Lipinski definition) is 4. The first kappa shape index (κ1) is 18.5. The van der Waals surface area contributed by atoms with Crippen molar-refractivity contribution in [2.45, 2.75) is 44.7 Å². The molecule has 8 heteroatoms. The monoisotopic (exact) mass is 403 g/mol. The lowest BCUT2D eigenvalue weighted by atomic mass is 9.55. The van der Waals surface area contributed by atoms with Crippen LogP contribution in [0.3, 0.4) is 0 Å². The van der Waals surface area contributed by atoms with E-state index in [-0.39, 0.29) is 40.0 Å². The van der Waals surface area contributed by atoms with Gasteiger partial charge in [-0.05, 0) is 43.1 Å². The Morgan fingerprint density at radius 1 is 1.34 bits per heavy atom. The zero-order chi connectivity index (χ0) is 20.7. The van der Waals surface area contributed by atoms with Crippen LogP contribution in [0.4, 0.5) is 14.5 Å². The second kappa shape index (κ2) is 6.01. The fourth-order valence-corrected chi connectivity index (χ4v) is 5.27. The van der Waals surface area contributed by atoms with Gasteiger partial charge in [-0.1, -0.05) is 6.92 Å². The van der Waals surface area contributed by atoms with Gasteiger partial charge in [0, 0.05) is 31.4 Å². The lowest BCUT2D eigenvalue weighted by Gasteiger charge is -2.57. The third-order valence-electron chi connectivity index (χ3n) is 7.15. The Kier molecular flexibility index (Phi) is 3.84. The van der Waals surface area contributed by atoms with Crippen LogP contribution in [-0.4, -0.2) is 34.8 Å². The number of fused-ring (bicyclic) bond motifs is 2. The molecule has 1 aliphatic heterocycles. The molecular weight excluding hydrogens is 380 g/mol.